The molecule has 0 aliphatic heterocycles. The maximum atomic E-state index is 12.3. The van der Waals surface area contributed by atoms with Crippen LogP contribution in [-0.4, -0.2) is 12.0 Å². The van der Waals surface area contributed by atoms with Gasteiger partial charge >= 0.3 is 0 Å². The van der Waals surface area contributed by atoms with Crippen LogP contribution in [0.1, 0.15) is 18.1 Å². The smallest absolute Gasteiger partial charge is 0.261 e. The number of carbonyl (C=O) groups excluding carboxylic acids is 1. The predicted molar refractivity (Wildman–Crippen MR) is 97.1 cm³/mol. The number of nitrogens with one attached hydrogen (secondary N) is 1. The molecule has 0 saturated carbocycles. The molecule has 0 spiro atoms. The number of hydrogen-bond acceptors (Lipinski definition) is 2. The van der Waals surface area contributed by atoms with Gasteiger partial charge in [0, 0.05) is 11.9 Å². The molecular weight excluding hydrogens is 298 g/mol. The van der Waals surface area contributed by atoms with E-state index in [0.29, 0.717) is 6.54 Å². The van der Waals surface area contributed by atoms with E-state index in [4.69, 9.17) is 4.74 Å². The summed E-state index contributed by atoms with van der Waals surface area (Å²) in [5.74, 6) is 0.609. The van der Waals surface area contributed by atoms with Crippen LogP contribution in [0.2, 0.25) is 0 Å². The fourth-order valence-electron chi connectivity index (χ4n) is 2.68. The van der Waals surface area contributed by atoms with Crippen molar-refractivity contribution in [2.24, 2.45) is 0 Å². The van der Waals surface area contributed by atoms with Gasteiger partial charge in [0.1, 0.15) is 5.75 Å². The summed E-state index contributed by atoms with van der Waals surface area (Å²) in [4.78, 5) is 12.3. The van der Waals surface area contributed by atoms with Crippen LogP contribution in [0.4, 0.5) is 0 Å². The highest BCUT2D eigenvalue weighted by atomic mass is 16.5. The highest BCUT2D eigenvalue weighted by Crippen LogP contribution is 2.26. The van der Waals surface area contributed by atoms with Gasteiger partial charge in [0.15, 0.2) is 6.10 Å². The van der Waals surface area contributed by atoms with Gasteiger partial charge in [-0.1, -0.05) is 60.7 Å². The van der Waals surface area contributed by atoms with Gasteiger partial charge in [0.05, 0.1) is 0 Å². The van der Waals surface area contributed by atoms with Crippen molar-refractivity contribution in [1.29, 1.82) is 0 Å². The minimum Gasteiger partial charge on any atom is -0.480 e. The molecule has 3 aromatic carbocycles. The molecular formula is C21H21NO2. The lowest BCUT2D eigenvalue weighted by Crippen LogP contribution is -2.36. The summed E-state index contributed by atoms with van der Waals surface area (Å²) in [6.07, 6.45) is -0.556. The van der Waals surface area contributed by atoms with Gasteiger partial charge in [-0.3, -0.25) is 4.79 Å². The third-order valence-electron chi connectivity index (χ3n) is 4.14. The highest BCUT2D eigenvalue weighted by molar-refractivity contribution is 5.89. The Kier molecular flexibility index (Phi) is 4.80. The van der Waals surface area contributed by atoms with Crippen LogP contribution < -0.4 is 10.1 Å². The van der Waals surface area contributed by atoms with E-state index in [1.807, 2.05) is 73.7 Å². The van der Waals surface area contributed by atoms with Crippen LogP contribution in [0.15, 0.2) is 66.7 Å². The topological polar surface area (TPSA) is 38.3 Å². The normalized spacial score (nSPS) is 11.9. The van der Waals surface area contributed by atoms with Crippen LogP contribution >= 0.6 is 0 Å². The average Bonchev–Trinajstić information content (AvgIpc) is 2.61. The van der Waals surface area contributed by atoms with Crippen LogP contribution in [0.5, 0.6) is 5.75 Å². The van der Waals surface area contributed by atoms with E-state index in [1.54, 1.807) is 6.92 Å². The zero-order valence-electron chi connectivity index (χ0n) is 14.0. The standard InChI is InChI=1S/C21H21NO2/c1-15-8-3-4-10-18(15)14-22-21(23)16(2)24-20-13-7-11-17-9-5-6-12-19(17)20/h3-13,16H,14H2,1-2H3,(H,22,23)/t16-/m0/s1. The van der Waals surface area contributed by atoms with Crippen molar-refractivity contribution in [2.45, 2.75) is 26.5 Å². The molecule has 0 fully saturated rings. The Hall–Kier alpha value is -2.81. The molecule has 3 nitrogen and oxygen atoms in total. The average molecular weight is 319 g/mol. The second-order valence-electron chi connectivity index (χ2n) is 5.88. The molecule has 0 aliphatic carbocycles. The van der Waals surface area contributed by atoms with Gasteiger partial charge in [-0.25, -0.2) is 0 Å². The van der Waals surface area contributed by atoms with Gasteiger partial charge in [0.25, 0.3) is 5.91 Å². The molecule has 0 radical (unpaired) electrons. The molecule has 0 bridgehead atoms. The van der Waals surface area contributed by atoms with Crippen molar-refractivity contribution < 1.29 is 9.53 Å². The Morgan fingerprint density at radius 3 is 2.54 bits per heavy atom. The summed E-state index contributed by atoms with van der Waals surface area (Å²) in [6, 6.07) is 21.9. The quantitative estimate of drug-likeness (QED) is 0.764. The lowest BCUT2D eigenvalue weighted by molar-refractivity contribution is -0.127. The first-order chi connectivity index (χ1) is 11.6. The number of benzene rings is 3. The molecule has 0 unspecified atom stereocenters. The monoisotopic (exact) mass is 319 g/mol. The van der Waals surface area contributed by atoms with Gasteiger partial charge in [-0.05, 0) is 36.4 Å². The molecule has 1 atom stereocenters. The molecule has 3 heteroatoms. The summed E-state index contributed by atoms with van der Waals surface area (Å²) in [6.45, 7) is 4.32. The van der Waals surface area contributed by atoms with Crippen LogP contribution in [0.25, 0.3) is 10.8 Å². The number of ether oxygens (including phenoxy) is 1. The first-order valence-electron chi connectivity index (χ1n) is 8.12. The van der Waals surface area contributed by atoms with Gasteiger partial charge in [-0.2, -0.15) is 0 Å². The van der Waals surface area contributed by atoms with Crippen LogP contribution in [-0.2, 0) is 11.3 Å². The fraction of sp³-hybridized carbons (Fsp3) is 0.190. The molecule has 0 aliphatic rings. The number of carbonyl (C=O) groups is 1. The largest absolute Gasteiger partial charge is 0.480 e. The van der Waals surface area contributed by atoms with Crippen molar-refractivity contribution >= 4 is 16.7 Å². The summed E-state index contributed by atoms with van der Waals surface area (Å²) in [7, 11) is 0. The maximum absolute atomic E-state index is 12.3. The summed E-state index contributed by atoms with van der Waals surface area (Å²) in [5.41, 5.74) is 2.28. The second-order valence-corrected chi connectivity index (χ2v) is 5.88. The second kappa shape index (κ2) is 7.18. The Bertz CT molecular complexity index is 852. The fourth-order valence-corrected chi connectivity index (χ4v) is 2.68. The van der Waals surface area contributed by atoms with E-state index >= 15 is 0 Å². The van der Waals surface area contributed by atoms with Crippen molar-refractivity contribution in [3.63, 3.8) is 0 Å². The third kappa shape index (κ3) is 3.57. The van der Waals surface area contributed by atoms with Crippen molar-refractivity contribution in [2.75, 3.05) is 0 Å². The van der Waals surface area contributed by atoms with Gasteiger partial charge in [-0.15, -0.1) is 0 Å². The molecule has 1 amide bonds. The van der Waals surface area contributed by atoms with Gasteiger partial charge < -0.3 is 10.1 Å². The minimum absolute atomic E-state index is 0.119. The summed E-state index contributed by atoms with van der Waals surface area (Å²) in [5, 5.41) is 5.06. The molecule has 3 rings (SSSR count). The number of amides is 1. The van der Waals surface area contributed by atoms with E-state index in [-0.39, 0.29) is 5.91 Å². The first kappa shape index (κ1) is 16.1. The SMILES string of the molecule is Cc1ccccc1CNC(=O)[C@H](C)Oc1cccc2ccccc12. The zero-order valence-corrected chi connectivity index (χ0v) is 14.0. The van der Waals surface area contributed by atoms with Crippen molar-refractivity contribution in [3.05, 3.63) is 77.9 Å². The van der Waals surface area contributed by atoms with E-state index in [0.717, 1.165) is 22.1 Å². The number of fused-ring (bicyclic) bond motifs is 1. The lowest BCUT2D eigenvalue weighted by atomic mass is 10.1. The number of rotatable bonds is 5. The Morgan fingerprint density at radius 2 is 1.71 bits per heavy atom. The maximum Gasteiger partial charge on any atom is 0.261 e. The molecule has 0 aromatic heterocycles. The van der Waals surface area contributed by atoms with Crippen LogP contribution in [0.3, 0.4) is 0 Å². The lowest BCUT2D eigenvalue weighted by Gasteiger charge is -2.16. The summed E-state index contributed by atoms with van der Waals surface area (Å²) < 4.78 is 5.90. The molecule has 1 N–H and O–H groups in total. The molecule has 122 valence electrons. The third-order valence-corrected chi connectivity index (χ3v) is 4.14. The number of aryl methyl sites for hydroxylation is 1. The van der Waals surface area contributed by atoms with Crippen molar-refractivity contribution in [3.8, 4) is 5.75 Å². The first-order valence-corrected chi connectivity index (χ1v) is 8.12. The Morgan fingerprint density at radius 1 is 1.00 bits per heavy atom. The predicted octanol–water partition coefficient (Wildman–Crippen LogP) is 4.23. The Labute approximate surface area is 142 Å². The van der Waals surface area contributed by atoms with Crippen molar-refractivity contribution in [1.82, 2.24) is 5.32 Å². The minimum atomic E-state index is -0.556. The molecule has 0 heterocycles. The Balaban J connectivity index is 1.67. The molecule has 24 heavy (non-hydrogen) atoms. The van der Waals surface area contributed by atoms with E-state index in [2.05, 4.69) is 5.32 Å². The van der Waals surface area contributed by atoms with Crippen LogP contribution in [0, 0.1) is 6.92 Å². The van der Waals surface area contributed by atoms with E-state index < -0.39 is 6.10 Å². The zero-order chi connectivity index (χ0) is 16.9. The highest BCUT2D eigenvalue weighted by Gasteiger charge is 2.15. The summed E-state index contributed by atoms with van der Waals surface area (Å²) >= 11 is 0. The molecule has 0 saturated heterocycles. The molecule has 3 aromatic rings. The van der Waals surface area contributed by atoms with E-state index in [1.165, 1.54) is 5.56 Å². The van der Waals surface area contributed by atoms with E-state index in [9.17, 15) is 4.79 Å². The van der Waals surface area contributed by atoms with Gasteiger partial charge in [0.2, 0.25) is 0 Å². The number of hydrogen-bond donors (Lipinski definition) is 1.